The number of aldehydes is 1. The minimum absolute atomic E-state index is 0.00176. The van der Waals surface area contributed by atoms with Gasteiger partial charge in [-0.05, 0) is 0 Å². The molecule has 0 unspecified atom stereocenters. The quantitative estimate of drug-likeness (QED) is 0.247. The Labute approximate surface area is 56.2 Å². The van der Waals surface area contributed by atoms with Crippen LogP contribution in [0.4, 0.5) is 0 Å². The first-order chi connectivity index (χ1) is 4.63. The van der Waals surface area contributed by atoms with Gasteiger partial charge in [0.25, 0.3) is 0 Å². The Kier molecular flexibility index (Phi) is 3.35. The van der Waals surface area contributed by atoms with Crippen molar-refractivity contribution in [2.45, 2.75) is 12.2 Å². The lowest BCUT2D eigenvalue weighted by molar-refractivity contribution is -0.119. The molecule has 0 aliphatic carbocycles. The van der Waals surface area contributed by atoms with Gasteiger partial charge in [0.1, 0.15) is 6.10 Å². The molecule has 3 N–H and O–H groups in total. The second kappa shape index (κ2) is 3.79. The van der Waals surface area contributed by atoms with E-state index in [-0.39, 0.29) is 6.29 Å². The van der Waals surface area contributed by atoms with Gasteiger partial charge in [-0.3, -0.25) is 0 Å². The molecule has 10 heavy (non-hydrogen) atoms. The second-order valence-electron chi connectivity index (χ2n) is 1.56. The minimum Gasteiger partial charge on any atom is -0.500 e. The van der Waals surface area contributed by atoms with Crippen LogP contribution in [0, 0.1) is 0 Å². The molecule has 0 bridgehead atoms. The molecule has 56 valence electrons. The van der Waals surface area contributed by atoms with Crippen molar-refractivity contribution in [1.82, 2.24) is 0 Å². The van der Waals surface area contributed by atoms with E-state index in [1.807, 2.05) is 0 Å². The molecule has 2 atom stereocenters. The van der Waals surface area contributed by atoms with E-state index in [4.69, 9.17) is 15.3 Å². The van der Waals surface area contributed by atoms with E-state index in [0.717, 1.165) is 5.94 Å². The fourth-order valence-electron chi connectivity index (χ4n) is 0.297. The topological polar surface area (TPSA) is 94.8 Å². The van der Waals surface area contributed by atoms with Gasteiger partial charge in [0.2, 0.25) is 5.76 Å². The molecule has 0 aromatic carbocycles. The molecule has 0 saturated heterocycles. The van der Waals surface area contributed by atoms with Crippen molar-refractivity contribution in [1.29, 1.82) is 0 Å². The second-order valence-corrected chi connectivity index (χ2v) is 1.56. The highest BCUT2D eigenvalue weighted by Gasteiger charge is 2.19. The lowest BCUT2D eigenvalue weighted by atomic mass is 10.2. The highest BCUT2D eigenvalue weighted by atomic mass is 16.4. The first-order valence-corrected chi connectivity index (χ1v) is 2.39. The Morgan fingerprint density at radius 1 is 1.50 bits per heavy atom. The summed E-state index contributed by atoms with van der Waals surface area (Å²) in [5.74, 6) is -0.150. The third-order valence-electron chi connectivity index (χ3n) is 0.848. The molecule has 5 nitrogen and oxygen atoms in total. The van der Waals surface area contributed by atoms with E-state index < -0.39 is 18.0 Å². The van der Waals surface area contributed by atoms with Gasteiger partial charge in [0, 0.05) is 0 Å². The normalized spacial score (nSPS) is 15.0. The molecule has 0 fully saturated rings. The Balaban J connectivity index is 4.20. The zero-order valence-corrected chi connectivity index (χ0v) is 4.89. The van der Waals surface area contributed by atoms with Gasteiger partial charge in [-0.25, -0.2) is 4.79 Å². The van der Waals surface area contributed by atoms with Gasteiger partial charge in [-0.15, -0.1) is 0 Å². The van der Waals surface area contributed by atoms with Crippen molar-refractivity contribution in [3.63, 3.8) is 0 Å². The summed E-state index contributed by atoms with van der Waals surface area (Å²) in [7, 11) is 0. The minimum atomic E-state index is -1.87. The predicted molar refractivity (Wildman–Crippen MR) is 29.9 cm³/mol. The van der Waals surface area contributed by atoms with Crippen molar-refractivity contribution >= 4 is 12.2 Å². The summed E-state index contributed by atoms with van der Waals surface area (Å²) >= 11 is 0. The van der Waals surface area contributed by atoms with Crippen LogP contribution < -0.4 is 0 Å². The van der Waals surface area contributed by atoms with E-state index in [0.29, 0.717) is 0 Å². The summed E-state index contributed by atoms with van der Waals surface area (Å²) in [5, 5.41) is 25.4. The fourth-order valence-corrected chi connectivity index (χ4v) is 0.297. The van der Waals surface area contributed by atoms with Crippen molar-refractivity contribution in [2.24, 2.45) is 0 Å². The molecule has 0 saturated carbocycles. The first-order valence-electron chi connectivity index (χ1n) is 2.39. The maximum absolute atomic E-state index is 9.70. The molecule has 5 heteroatoms. The number of carbonyl (C=O) groups is 1. The van der Waals surface area contributed by atoms with Crippen molar-refractivity contribution in [2.75, 3.05) is 0 Å². The first kappa shape index (κ1) is 8.84. The molecule has 0 heterocycles. The third kappa shape index (κ3) is 1.99. The summed E-state index contributed by atoms with van der Waals surface area (Å²) in [5.41, 5.74) is 0. The van der Waals surface area contributed by atoms with Crippen molar-refractivity contribution in [3.8, 4) is 0 Å². The number of carbonyl (C=O) groups excluding carboxylic acids is 2. The summed E-state index contributed by atoms with van der Waals surface area (Å²) in [6, 6.07) is 0. The molecule has 0 radical (unpaired) electrons. The van der Waals surface area contributed by atoms with Gasteiger partial charge >= 0.3 is 0 Å². The lowest BCUT2D eigenvalue weighted by Gasteiger charge is -2.07. The fraction of sp³-hybridized carbons (Fsp3) is 0.400. The van der Waals surface area contributed by atoms with E-state index in [2.05, 4.69) is 0 Å². The Morgan fingerprint density at radius 3 is 2.30 bits per heavy atom. The van der Waals surface area contributed by atoms with Crippen LogP contribution in [-0.2, 0) is 9.59 Å². The van der Waals surface area contributed by atoms with E-state index in [9.17, 15) is 9.59 Å². The number of hydrogen-bond donors (Lipinski definition) is 3. The third-order valence-corrected chi connectivity index (χ3v) is 0.848. The van der Waals surface area contributed by atoms with Gasteiger partial charge in [0.05, 0.1) is 0 Å². The van der Waals surface area contributed by atoms with Crippen molar-refractivity contribution in [3.05, 3.63) is 5.76 Å². The molecule has 0 amide bonds. The molecule has 0 rings (SSSR count). The smallest absolute Gasteiger partial charge is 0.209 e. The molecule has 0 aliphatic heterocycles. The van der Waals surface area contributed by atoms with Crippen molar-refractivity contribution < 1.29 is 24.9 Å². The standard InChI is InChI=1S/C5H6O5/c6-1-3(8)5(10)4(9)2-7/h1,3,5,8-10H/t3-,5+/m1/s1. The van der Waals surface area contributed by atoms with Crippen LogP contribution >= 0.6 is 0 Å². The van der Waals surface area contributed by atoms with E-state index in [1.54, 1.807) is 0 Å². The summed E-state index contributed by atoms with van der Waals surface area (Å²) < 4.78 is 0. The monoisotopic (exact) mass is 146 g/mol. The lowest BCUT2D eigenvalue weighted by Crippen LogP contribution is -2.29. The number of aliphatic hydroxyl groups is 3. The zero-order chi connectivity index (χ0) is 8.15. The van der Waals surface area contributed by atoms with Crippen LogP contribution in [0.1, 0.15) is 0 Å². The van der Waals surface area contributed by atoms with Crippen LogP contribution in [0.5, 0.6) is 0 Å². The van der Waals surface area contributed by atoms with E-state index >= 15 is 0 Å². The molecule has 0 aromatic rings. The van der Waals surface area contributed by atoms with Crippen LogP contribution in [0.3, 0.4) is 0 Å². The molecule has 0 aliphatic rings. The predicted octanol–water partition coefficient (Wildman–Crippen LogP) is -1.82. The van der Waals surface area contributed by atoms with E-state index in [1.165, 1.54) is 0 Å². The summed E-state index contributed by atoms with van der Waals surface area (Å²) in [6.07, 6.45) is -3.64. The Hall–Kier alpha value is -1.16. The van der Waals surface area contributed by atoms with Crippen LogP contribution in [-0.4, -0.2) is 39.8 Å². The van der Waals surface area contributed by atoms with Gasteiger partial charge < -0.3 is 20.1 Å². The van der Waals surface area contributed by atoms with Crippen LogP contribution in [0.2, 0.25) is 0 Å². The number of rotatable bonds is 3. The zero-order valence-electron chi connectivity index (χ0n) is 4.89. The highest BCUT2D eigenvalue weighted by Crippen LogP contribution is 1.96. The molecule has 0 spiro atoms. The maximum atomic E-state index is 9.70. The Morgan fingerprint density at radius 2 is 2.00 bits per heavy atom. The van der Waals surface area contributed by atoms with Gasteiger partial charge in [-0.2, -0.15) is 0 Å². The van der Waals surface area contributed by atoms with Gasteiger partial charge in [0.15, 0.2) is 18.3 Å². The molecule has 0 aromatic heterocycles. The Bertz CT molecular complexity index is 169. The average molecular weight is 146 g/mol. The highest BCUT2D eigenvalue weighted by molar-refractivity contribution is 5.60. The van der Waals surface area contributed by atoms with Gasteiger partial charge in [-0.1, -0.05) is 0 Å². The number of hydrogen-bond acceptors (Lipinski definition) is 5. The maximum Gasteiger partial charge on any atom is 0.209 e. The molecular weight excluding hydrogens is 140 g/mol. The summed E-state index contributed by atoms with van der Waals surface area (Å²) in [4.78, 5) is 19.3. The van der Waals surface area contributed by atoms with Crippen LogP contribution in [0.25, 0.3) is 0 Å². The molecular formula is C5H6O5. The number of aliphatic hydroxyl groups excluding tert-OH is 3. The summed E-state index contributed by atoms with van der Waals surface area (Å²) in [6.45, 7) is 0. The SMILES string of the molecule is O=C=C(O)[C@@H](O)[C@H](O)C=O. The average Bonchev–Trinajstić information content (AvgIpc) is 2.00. The largest absolute Gasteiger partial charge is 0.500 e. The van der Waals surface area contributed by atoms with Crippen LogP contribution in [0.15, 0.2) is 5.76 Å².